The topological polar surface area (TPSA) is 91.4 Å². The number of aliphatic carboxylic acids is 1. The van der Waals surface area contributed by atoms with Gasteiger partial charge in [0.1, 0.15) is 12.1 Å². The van der Waals surface area contributed by atoms with E-state index in [0.717, 1.165) is 22.0 Å². The minimum absolute atomic E-state index is 0.0788. The monoisotopic (exact) mass is 352 g/mol. The molecule has 0 saturated heterocycles. The highest BCUT2D eigenvalue weighted by atomic mass is 16.5. The fourth-order valence-corrected chi connectivity index (χ4v) is 2.82. The number of carboxylic acid groups (broad SMARTS) is 1. The van der Waals surface area contributed by atoms with Gasteiger partial charge in [0.25, 0.3) is 0 Å². The van der Waals surface area contributed by atoms with Gasteiger partial charge in [0.15, 0.2) is 0 Å². The van der Waals surface area contributed by atoms with Crippen molar-refractivity contribution < 1.29 is 19.4 Å². The highest BCUT2D eigenvalue weighted by Gasteiger charge is 2.36. The zero-order valence-corrected chi connectivity index (χ0v) is 14.4. The second-order valence-electron chi connectivity index (χ2n) is 6.36. The van der Waals surface area contributed by atoms with Gasteiger partial charge in [0, 0.05) is 23.5 Å². The number of carbonyl (C=O) groups is 2. The van der Waals surface area contributed by atoms with Crippen molar-refractivity contribution in [3.8, 4) is 0 Å². The van der Waals surface area contributed by atoms with Gasteiger partial charge in [0.2, 0.25) is 0 Å². The molecule has 0 spiro atoms. The standard InChI is InChI=1S/C20H20N2O4/c1-20(18(23)24,11-15-12-21-17-10-6-5-9-16(15)17)22-19(25)26-13-14-7-3-2-4-8-14/h2-10,12,21H,11,13H2,1H3,(H,22,25)(H,23,24)/t20-/m1/s1. The summed E-state index contributed by atoms with van der Waals surface area (Å²) in [6.07, 6.45) is 1.13. The van der Waals surface area contributed by atoms with Crippen LogP contribution in [0.15, 0.2) is 60.8 Å². The van der Waals surface area contributed by atoms with Gasteiger partial charge in [-0.05, 0) is 24.1 Å². The molecular weight excluding hydrogens is 332 g/mol. The number of aromatic amines is 1. The van der Waals surface area contributed by atoms with Gasteiger partial charge < -0.3 is 20.1 Å². The van der Waals surface area contributed by atoms with Crippen LogP contribution in [-0.2, 0) is 22.6 Å². The van der Waals surface area contributed by atoms with Crippen molar-refractivity contribution in [2.24, 2.45) is 0 Å². The number of nitrogens with one attached hydrogen (secondary N) is 2. The van der Waals surface area contributed by atoms with Crippen LogP contribution in [0.1, 0.15) is 18.1 Å². The van der Waals surface area contributed by atoms with E-state index < -0.39 is 17.6 Å². The highest BCUT2D eigenvalue weighted by molar-refractivity contribution is 5.87. The van der Waals surface area contributed by atoms with Crippen LogP contribution < -0.4 is 5.32 Å². The Bertz CT molecular complexity index is 920. The average molecular weight is 352 g/mol. The molecule has 1 aromatic heterocycles. The number of para-hydroxylation sites is 1. The lowest BCUT2D eigenvalue weighted by Gasteiger charge is -2.25. The zero-order chi connectivity index (χ0) is 18.6. The summed E-state index contributed by atoms with van der Waals surface area (Å²) in [5.41, 5.74) is 1.07. The Kier molecular flexibility index (Phi) is 4.93. The van der Waals surface area contributed by atoms with Gasteiger partial charge in [-0.15, -0.1) is 0 Å². The van der Waals surface area contributed by atoms with E-state index in [-0.39, 0.29) is 13.0 Å². The second kappa shape index (κ2) is 7.31. The van der Waals surface area contributed by atoms with Crippen molar-refractivity contribution in [2.75, 3.05) is 0 Å². The first-order valence-corrected chi connectivity index (χ1v) is 8.25. The van der Waals surface area contributed by atoms with Crippen LogP contribution in [0.2, 0.25) is 0 Å². The molecule has 0 radical (unpaired) electrons. The van der Waals surface area contributed by atoms with Crippen LogP contribution in [-0.4, -0.2) is 27.7 Å². The van der Waals surface area contributed by atoms with Crippen molar-refractivity contribution in [1.82, 2.24) is 10.3 Å². The molecule has 0 unspecified atom stereocenters. The largest absolute Gasteiger partial charge is 0.480 e. The Morgan fingerprint density at radius 1 is 1.12 bits per heavy atom. The van der Waals surface area contributed by atoms with Gasteiger partial charge in [0.05, 0.1) is 0 Å². The smallest absolute Gasteiger partial charge is 0.408 e. The SMILES string of the molecule is C[C@](Cc1c[nH]c2ccccc12)(NC(=O)OCc1ccccc1)C(=O)O. The summed E-state index contributed by atoms with van der Waals surface area (Å²) in [5, 5.41) is 13.1. The average Bonchev–Trinajstić information content (AvgIpc) is 3.03. The number of carbonyl (C=O) groups excluding carboxylic acids is 1. The van der Waals surface area contributed by atoms with Crippen LogP contribution >= 0.6 is 0 Å². The van der Waals surface area contributed by atoms with Crippen molar-refractivity contribution >= 4 is 23.0 Å². The van der Waals surface area contributed by atoms with Gasteiger partial charge in [-0.2, -0.15) is 0 Å². The van der Waals surface area contributed by atoms with Crippen molar-refractivity contribution in [3.63, 3.8) is 0 Å². The third-order valence-electron chi connectivity index (χ3n) is 4.28. The maximum Gasteiger partial charge on any atom is 0.408 e. The lowest BCUT2D eigenvalue weighted by atomic mass is 9.93. The number of benzene rings is 2. The summed E-state index contributed by atoms with van der Waals surface area (Å²) in [4.78, 5) is 27.0. The van der Waals surface area contributed by atoms with Crippen molar-refractivity contribution in [2.45, 2.75) is 25.5 Å². The third-order valence-corrected chi connectivity index (χ3v) is 4.28. The zero-order valence-electron chi connectivity index (χ0n) is 14.4. The Morgan fingerprint density at radius 3 is 2.54 bits per heavy atom. The van der Waals surface area contributed by atoms with Crippen LogP contribution in [0.5, 0.6) is 0 Å². The summed E-state index contributed by atoms with van der Waals surface area (Å²) in [7, 11) is 0. The Labute approximate surface area is 150 Å². The molecule has 0 aliphatic carbocycles. The molecule has 1 amide bonds. The molecule has 3 aromatic rings. The Hall–Kier alpha value is -3.28. The third kappa shape index (κ3) is 3.85. The Morgan fingerprint density at radius 2 is 1.81 bits per heavy atom. The van der Waals surface area contributed by atoms with Crippen molar-refractivity contribution in [3.05, 3.63) is 71.9 Å². The molecule has 3 rings (SSSR count). The van der Waals surface area contributed by atoms with Gasteiger partial charge in [-0.1, -0.05) is 48.5 Å². The summed E-state index contributed by atoms with van der Waals surface area (Å²) < 4.78 is 5.16. The van der Waals surface area contributed by atoms with Crippen LogP contribution in [0.4, 0.5) is 4.79 Å². The molecule has 2 aromatic carbocycles. The van der Waals surface area contributed by atoms with Crippen LogP contribution in [0.3, 0.4) is 0 Å². The van der Waals surface area contributed by atoms with E-state index in [1.54, 1.807) is 6.20 Å². The number of rotatable bonds is 6. The number of hydrogen-bond acceptors (Lipinski definition) is 3. The molecule has 1 atom stereocenters. The molecule has 0 aliphatic rings. The molecule has 6 nitrogen and oxygen atoms in total. The van der Waals surface area contributed by atoms with Gasteiger partial charge in [-0.25, -0.2) is 9.59 Å². The summed E-state index contributed by atoms with van der Waals surface area (Å²) in [6, 6.07) is 16.8. The molecule has 0 saturated carbocycles. The fraction of sp³-hybridized carbons (Fsp3) is 0.200. The molecular formula is C20H20N2O4. The number of fused-ring (bicyclic) bond motifs is 1. The molecule has 0 fully saturated rings. The van der Waals surface area contributed by atoms with Crippen molar-refractivity contribution in [1.29, 1.82) is 0 Å². The predicted octanol–water partition coefficient (Wildman–Crippen LogP) is 3.48. The normalized spacial score (nSPS) is 13.1. The van der Waals surface area contributed by atoms with E-state index in [1.165, 1.54) is 6.92 Å². The number of H-pyrrole nitrogens is 1. The first kappa shape index (κ1) is 17.5. The lowest BCUT2D eigenvalue weighted by molar-refractivity contribution is -0.143. The molecule has 3 N–H and O–H groups in total. The number of aromatic nitrogens is 1. The molecule has 1 heterocycles. The summed E-state index contributed by atoms with van der Waals surface area (Å²) in [6.45, 7) is 1.55. The first-order chi connectivity index (χ1) is 12.5. The van der Waals surface area contributed by atoms with E-state index in [4.69, 9.17) is 4.74 Å². The van der Waals surface area contributed by atoms with Crippen LogP contribution in [0.25, 0.3) is 10.9 Å². The quantitative estimate of drug-likeness (QED) is 0.633. The van der Waals surface area contributed by atoms with Gasteiger partial charge >= 0.3 is 12.1 Å². The van der Waals surface area contributed by atoms with E-state index in [1.807, 2.05) is 54.6 Å². The van der Waals surface area contributed by atoms with E-state index in [2.05, 4.69) is 10.3 Å². The second-order valence-corrected chi connectivity index (χ2v) is 6.36. The molecule has 26 heavy (non-hydrogen) atoms. The predicted molar refractivity (Wildman–Crippen MR) is 97.8 cm³/mol. The fourth-order valence-electron chi connectivity index (χ4n) is 2.82. The maximum atomic E-state index is 12.1. The van der Waals surface area contributed by atoms with E-state index >= 15 is 0 Å². The summed E-state index contributed by atoms with van der Waals surface area (Å²) in [5.74, 6) is -1.13. The van der Waals surface area contributed by atoms with Gasteiger partial charge in [-0.3, -0.25) is 0 Å². The molecule has 6 heteroatoms. The lowest BCUT2D eigenvalue weighted by Crippen LogP contribution is -2.53. The minimum Gasteiger partial charge on any atom is -0.480 e. The number of alkyl carbamates (subject to hydrolysis) is 1. The number of carboxylic acids is 1. The molecule has 134 valence electrons. The maximum absolute atomic E-state index is 12.1. The molecule has 0 bridgehead atoms. The number of hydrogen-bond donors (Lipinski definition) is 3. The number of ether oxygens (including phenoxy) is 1. The van der Waals surface area contributed by atoms with E-state index in [9.17, 15) is 14.7 Å². The van der Waals surface area contributed by atoms with Crippen LogP contribution in [0, 0.1) is 0 Å². The summed E-state index contributed by atoms with van der Waals surface area (Å²) >= 11 is 0. The molecule has 0 aliphatic heterocycles. The van der Waals surface area contributed by atoms with E-state index in [0.29, 0.717) is 0 Å². The highest BCUT2D eigenvalue weighted by Crippen LogP contribution is 2.23. The minimum atomic E-state index is -1.49. The number of amides is 1. The first-order valence-electron chi connectivity index (χ1n) is 8.25. The Balaban J connectivity index is 1.71.